The summed E-state index contributed by atoms with van der Waals surface area (Å²) < 4.78 is 0. The largest absolute Gasteiger partial charge is 0.394 e. The van der Waals surface area contributed by atoms with Crippen molar-refractivity contribution in [3.63, 3.8) is 0 Å². The molecule has 0 aliphatic heterocycles. The second-order valence-corrected chi connectivity index (χ2v) is 4.96. The van der Waals surface area contributed by atoms with Gasteiger partial charge in [0.05, 0.1) is 26.4 Å². The highest BCUT2D eigenvalue weighted by molar-refractivity contribution is 4.80. The number of hydrogen-bond acceptors (Lipinski definition) is 12. The van der Waals surface area contributed by atoms with Crippen molar-refractivity contribution in [1.82, 2.24) is 0 Å². The molecule has 0 saturated carbocycles. The summed E-state index contributed by atoms with van der Waals surface area (Å²) in [7, 11) is 0. The van der Waals surface area contributed by atoms with Gasteiger partial charge in [0.2, 0.25) is 0 Å². The molecule has 0 unspecified atom stereocenters. The average Bonchev–Trinajstić information content (AvgIpc) is 2.62. The lowest BCUT2D eigenvalue weighted by molar-refractivity contribution is -0.123. The van der Waals surface area contributed by atoms with Crippen LogP contribution in [-0.4, -0.2) is 137 Å². The molecule has 24 heavy (non-hydrogen) atoms. The number of aliphatic hydroxyl groups is 12. The monoisotopic (exact) mass is 364 g/mol. The van der Waals surface area contributed by atoms with E-state index in [4.69, 9.17) is 61.3 Å². The third-order valence-corrected chi connectivity index (χ3v) is 3.02. The Labute approximate surface area is 137 Å². The first-order valence-corrected chi connectivity index (χ1v) is 6.96. The Morgan fingerprint density at radius 1 is 0.333 bits per heavy atom. The zero-order valence-electron chi connectivity index (χ0n) is 12.8. The molecule has 0 aromatic carbocycles. The van der Waals surface area contributed by atoms with Gasteiger partial charge in [-0.2, -0.15) is 0 Å². The molecular formula is C12H28O12. The molecule has 8 atom stereocenters. The van der Waals surface area contributed by atoms with Crippen LogP contribution in [-0.2, 0) is 0 Å². The average molecular weight is 364 g/mol. The zero-order chi connectivity index (χ0) is 19.4. The van der Waals surface area contributed by atoms with Gasteiger partial charge >= 0.3 is 0 Å². The molecule has 0 heterocycles. The summed E-state index contributed by atoms with van der Waals surface area (Å²) in [5.74, 6) is 0. The molecule has 0 aromatic rings. The Balaban J connectivity index is 0. The smallest absolute Gasteiger partial charge is 0.111 e. The Morgan fingerprint density at radius 3 is 0.542 bits per heavy atom. The van der Waals surface area contributed by atoms with E-state index in [0.717, 1.165) is 0 Å². The molecule has 0 radical (unpaired) electrons. The quantitative estimate of drug-likeness (QED) is 0.173. The lowest BCUT2D eigenvalue weighted by Gasteiger charge is -2.24. The fourth-order valence-electron chi connectivity index (χ4n) is 1.34. The molecule has 0 saturated heterocycles. The van der Waals surface area contributed by atoms with Crippen LogP contribution in [0.25, 0.3) is 0 Å². The van der Waals surface area contributed by atoms with Crippen molar-refractivity contribution in [2.24, 2.45) is 0 Å². The van der Waals surface area contributed by atoms with Gasteiger partial charge < -0.3 is 61.3 Å². The van der Waals surface area contributed by atoms with Crippen molar-refractivity contribution >= 4 is 0 Å². The summed E-state index contributed by atoms with van der Waals surface area (Å²) in [5, 5.41) is 104. The van der Waals surface area contributed by atoms with Gasteiger partial charge in [0, 0.05) is 0 Å². The normalized spacial score (nSPS) is 21.5. The third kappa shape index (κ3) is 9.12. The van der Waals surface area contributed by atoms with E-state index in [1.165, 1.54) is 0 Å². The molecule has 0 amide bonds. The molecule has 148 valence electrons. The van der Waals surface area contributed by atoms with Crippen LogP contribution < -0.4 is 0 Å². The van der Waals surface area contributed by atoms with E-state index in [0.29, 0.717) is 0 Å². The van der Waals surface area contributed by atoms with Crippen molar-refractivity contribution in [3.8, 4) is 0 Å². The van der Waals surface area contributed by atoms with Crippen LogP contribution in [0.1, 0.15) is 0 Å². The standard InChI is InChI=1S/2C6H14O6/c2*7-1-3(9)5(11)6(12)4(10)2-8/h2*3-12H,1-2H2/t2*3-,4+,5-,6-/m11/s1. The maximum atomic E-state index is 8.96. The van der Waals surface area contributed by atoms with Crippen LogP contribution in [0.3, 0.4) is 0 Å². The number of hydrogen-bond donors (Lipinski definition) is 12. The molecule has 0 aliphatic rings. The first kappa shape index (κ1) is 25.8. The predicted molar refractivity (Wildman–Crippen MR) is 76.4 cm³/mol. The minimum atomic E-state index is -1.67. The van der Waals surface area contributed by atoms with Crippen LogP contribution in [0.15, 0.2) is 0 Å². The third-order valence-electron chi connectivity index (χ3n) is 3.02. The number of aliphatic hydroxyl groups excluding tert-OH is 12. The molecule has 0 aromatic heterocycles. The highest BCUT2D eigenvalue weighted by atomic mass is 16.4. The molecule has 0 fully saturated rings. The minimum absolute atomic E-state index is 0.726. The number of rotatable bonds is 10. The SMILES string of the molecule is OC[C@@H](O)[C@@H](O)[C@H](O)[C@@H](O)CO.OC[C@@H](O)[C@@H](O)[C@H](O)[C@@H](O)CO. The van der Waals surface area contributed by atoms with Crippen molar-refractivity contribution in [2.45, 2.75) is 48.8 Å². The van der Waals surface area contributed by atoms with Gasteiger partial charge in [0.1, 0.15) is 48.8 Å². The summed E-state index contributed by atoms with van der Waals surface area (Å²) in [5.41, 5.74) is 0. The van der Waals surface area contributed by atoms with Gasteiger partial charge in [-0.1, -0.05) is 0 Å². The fraction of sp³-hybridized carbons (Fsp3) is 1.00. The van der Waals surface area contributed by atoms with Crippen LogP contribution in [0, 0.1) is 0 Å². The van der Waals surface area contributed by atoms with Crippen LogP contribution in [0.4, 0.5) is 0 Å². The second-order valence-electron chi connectivity index (χ2n) is 4.96. The van der Waals surface area contributed by atoms with E-state index in [9.17, 15) is 0 Å². The van der Waals surface area contributed by atoms with Gasteiger partial charge in [0.25, 0.3) is 0 Å². The van der Waals surface area contributed by atoms with Gasteiger partial charge in [-0.3, -0.25) is 0 Å². The van der Waals surface area contributed by atoms with Crippen molar-refractivity contribution in [3.05, 3.63) is 0 Å². The molecule has 0 bridgehead atoms. The summed E-state index contributed by atoms with van der Waals surface area (Å²) in [4.78, 5) is 0. The van der Waals surface area contributed by atoms with Crippen LogP contribution in [0.5, 0.6) is 0 Å². The maximum Gasteiger partial charge on any atom is 0.111 e. The molecule has 0 spiro atoms. The Bertz CT molecular complexity index is 237. The van der Waals surface area contributed by atoms with Crippen molar-refractivity contribution in [1.29, 1.82) is 0 Å². The zero-order valence-corrected chi connectivity index (χ0v) is 12.8. The lowest BCUT2D eigenvalue weighted by Crippen LogP contribution is -2.46. The molecule has 12 heteroatoms. The summed E-state index contributed by atoms with van der Waals surface area (Å²) in [6.07, 6.45) is -12.8. The van der Waals surface area contributed by atoms with Gasteiger partial charge in [-0.15, -0.1) is 0 Å². The Morgan fingerprint density at radius 2 is 0.458 bits per heavy atom. The topological polar surface area (TPSA) is 243 Å². The highest BCUT2D eigenvalue weighted by Gasteiger charge is 2.30. The first-order valence-electron chi connectivity index (χ1n) is 6.96. The van der Waals surface area contributed by atoms with Crippen LogP contribution in [0.2, 0.25) is 0 Å². The van der Waals surface area contributed by atoms with E-state index in [1.807, 2.05) is 0 Å². The summed E-state index contributed by atoms with van der Waals surface area (Å²) in [6.45, 7) is -2.90. The molecule has 12 N–H and O–H groups in total. The van der Waals surface area contributed by atoms with E-state index >= 15 is 0 Å². The Hall–Kier alpha value is -0.480. The summed E-state index contributed by atoms with van der Waals surface area (Å²) >= 11 is 0. The lowest BCUT2D eigenvalue weighted by atomic mass is 10.0. The molecule has 0 aliphatic carbocycles. The van der Waals surface area contributed by atoms with E-state index in [-0.39, 0.29) is 0 Å². The molecule has 0 rings (SSSR count). The van der Waals surface area contributed by atoms with Gasteiger partial charge in [-0.05, 0) is 0 Å². The van der Waals surface area contributed by atoms with E-state index in [2.05, 4.69) is 0 Å². The van der Waals surface area contributed by atoms with E-state index < -0.39 is 75.3 Å². The maximum absolute atomic E-state index is 8.96. The van der Waals surface area contributed by atoms with Gasteiger partial charge in [0.15, 0.2) is 0 Å². The minimum Gasteiger partial charge on any atom is -0.394 e. The molecule has 12 nitrogen and oxygen atoms in total. The van der Waals surface area contributed by atoms with Gasteiger partial charge in [-0.25, -0.2) is 0 Å². The van der Waals surface area contributed by atoms with Crippen molar-refractivity contribution < 1.29 is 61.3 Å². The first-order chi connectivity index (χ1) is 11.1. The highest BCUT2D eigenvalue weighted by Crippen LogP contribution is 2.04. The predicted octanol–water partition coefficient (Wildman–Crippen LogP) is -7.17. The van der Waals surface area contributed by atoms with Crippen molar-refractivity contribution in [2.75, 3.05) is 26.4 Å². The Kier molecular flexibility index (Phi) is 14.8. The fourth-order valence-corrected chi connectivity index (χ4v) is 1.34. The second kappa shape index (κ2) is 13.8. The van der Waals surface area contributed by atoms with E-state index in [1.54, 1.807) is 0 Å². The van der Waals surface area contributed by atoms with Crippen LogP contribution >= 0.6 is 0 Å². The molecular weight excluding hydrogens is 336 g/mol. The summed E-state index contributed by atoms with van der Waals surface area (Å²) in [6, 6.07) is 0.